The number of amides is 1. The lowest BCUT2D eigenvalue weighted by molar-refractivity contribution is 0.0948. The number of nitrogens with zero attached hydrogens (tertiary/aromatic N) is 4. The molecule has 0 unspecified atom stereocenters. The summed E-state index contributed by atoms with van der Waals surface area (Å²) >= 11 is 1.40. The lowest BCUT2D eigenvalue weighted by Gasteiger charge is -2.13. The minimum Gasteiger partial charge on any atom is -0.352 e. The molecule has 33 heavy (non-hydrogen) atoms. The van der Waals surface area contributed by atoms with E-state index >= 15 is 0 Å². The van der Waals surface area contributed by atoms with Gasteiger partial charge in [0.25, 0.3) is 5.91 Å². The van der Waals surface area contributed by atoms with Gasteiger partial charge in [-0.3, -0.25) is 14.3 Å². The van der Waals surface area contributed by atoms with Gasteiger partial charge in [0.1, 0.15) is 5.82 Å². The van der Waals surface area contributed by atoms with E-state index in [-0.39, 0.29) is 11.7 Å². The molecule has 0 aliphatic heterocycles. The van der Waals surface area contributed by atoms with E-state index in [1.54, 1.807) is 41.2 Å². The lowest BCUT2D eigenvalue weighted by atomic mass is 10.1. The van der Waals surface area contributed by atoms with Crippen LogP contribution in [0.15, 0.2) is 78.2 Å². The second-order valence-corrected chi connectivity index (χ2v) is 8.83. The minimum absolute atomic E-state index is 0.105. The van der Waals surface area contributed by atoms with Crippen molar-refractivity contribution < 1.29 is 9.18 Å². The normalized spacial score (nSPS) is 11.0. The molecule has 0 radical (unpaired) electrons. The maximum Gasteiger partial charge on any atom is 0.251 e. The first-order valence-corrected chi connectivity index (χ1v) is 11.6. The van der Waals surface area contributed by atoms with Crippen LogP contribution in [0.4, 0.5) is 4.39 Å². The Morgan fingerprint density at radius 2 is 1.85 bits per heavy atom. The number of nitrogens with one attached hydrogen (secondary N) is 1. The van der Waals surface area contributed by atoms with E-state index in [1.165, 1.54) is 17.8 Å². The van der Waals surface area contributed by atoms with Gasteiger partial charge in [0, 0.05) is 35.8 Å². The first-order chi connectivity index (χ1) is 16.0. The molecule has 2 aromatic heterocycles. The van der Waals surface area contributed by atoms with Crippen LogP contribution >= 0.6 is 11.8 Å². The van der Waals surface area contributed by atoms with E-state index in [4.69, 9.17) is 0 Å². The predicted molar refractivity (Wildman–Crippen MR) is 128 cm³/mol. The summed E-state index contributed by atoms with van der Waals surface area (Å²) in [5, 5.41) is 12.2. The van der Waals surface area contributed by atoms with Gasteiger partial charge in [0.2, 0.25) is 0 Å². The third-order valence-electron chi connectivity index (χ3n) is 4.94. The van der Waals surface area contributed by atoms with Gasteiger partial charge >= 0.3 is 0 Å². The average molecular weight is 462 g/mol. The largest absolute Gasteiger partial charge is 0.352 e. The molecule has 1 N–H and O–H groups in total. The number of carbonyl (C=O) groups excluding carboxylic acids is 1. The molecule has 1 amide bonds. The zero-order valence-corrected chi connectivity index (χ0v) is 19.2. The van der Waals surface area contributed by atoms with E-state index in [0.717, 1.165) is 11.1 Å². The Balaban J connectivity index is 1.66. The van der Waals surface area contributed by atoms with Crippen molar-refractivity contribution in [1.29, 1.82) is 0 Å². The molecule has 0 atom stereocenters. The van der Waals surface area contributed by atoms with Crippen molar-refractivity contribution in [2.24, 2.45) is 5.92 Å². The SMILES string of the molecule is CC(C)CNC(=O)c1ccccc1CSc1nnc(-c2cccnc2)n1-c1ccccc1F. The number of hydrogen-bond donors (Lipinski definition) is 1. The molecule has 0 bridgehead atoms. The number of carbonyl (C=O) groups is 1. The van der Waals surface area contributed by atoms with Crippen LogP contribution in [0.3, 0.4) is 0 Å². The van der Waals surface area contributed by atoms with Crippen LogP contribution < -0.4 is 5.32 Å². The number of benzene rings is 2. The van der Waals surface area contributed by atoms with Crippen LogP contribution in [0.2, 0.25) is 0 Å². The van der Waals surface area contributed by atoms with Crippen molar-refractivity contribution in [1.82, 2.24) is 25.1 Å². The van der Waals surface area contributed by atoms with Crippen LogP contribution in [0, 0.1) is 11.7 Å². The fraction of sp³-hybridized carbons (Fsp3) is 0.200. The second-order valence-electron chi connectivity index (χ2n) is 7.88. The van der Waals surface area contributed by atoms with Gasteiger partial charge in [-0.1, -0.05) is 55.9 Å². The van der Waals surface area contributed by atoms with Gasteiger partial charge in [0.05, 0.1) is 5.69 Å². The summed E-state index contributed by atoms with van der Waals surface area (Å²) in [5.74, 6) is 0.855. The molecule has 0 fully saturated rings. The number of aromatic nitrogens is 4. The van der Waals surface area contributed by atoms with Gasteiger partial charge in [-0.2, -0.15) is 0 Å². The van der Waals surface area contributed by atoms with Crippen LogP contribution in [-0.2, 0) is 5.75 Å². The molecule has 6 nitrogen and oxygen atoms in total. The Bertz CT molecular complexity index is 1240. The number of para-hydroxylation sites is 1. The highest BCUT2D eigenvalue weighted by molar-refractivity contribution is 7.98. The fourth-order valence-electron chi connectivity index (χ4n) is 3.30. The van der Waals surface area contributed by atoms with Crippen molar-refractivity contribution in [3.8, 4) is 17.1 Å². The minimum atomic E-state index is -0.377. The Kier molecular flexibility index (Phi) is 7.14. The van der Waals surface area contributed by atoms with Gasteiger partial charge < -0.3 is 5.32 Å². The molecule has 0 saturated carbocycles. The molecule has 0 spiro atoms. The number of thioether (sulfide) groups is 1. The molecule has 168 valence electrons. The second kappa shape index (κ2) is 10.4. The van der Waals surface area contributed by atoms with Crippen LogP contribution in [0.5, 0.6) is 0 Å². The maximum absolute atomic E-state index is 14.8. The fourth-order valence-corrected chi connectivity index (χ4v) is 4.25. The molecular formula is C25H24FN5OS. The van der Waals surface area contributed by atoms with E-state index in [0.29, 0.717) is 40.4 Å². The highest BCUT2D eigenvalue weighted by Crippen LogP contribution is 2.31. The van der Waals surface area contributed by atoms with E-state index in [2.05, 4.69) is 34.3 Å². The molecule has 4 aromatic rings. The standard InChI is InChI=1S/C25H24FN5OS/c1-17(2)14-28-24(32)20-10-4-3-8-19(20)16-33-25-30-29-23(18-9-7-13-27-15-18)31(25)22-12-6-5-11-21(22)26/h3-13,15,17H,14,16H2,1-2H3,(H,28,32). The van der Waals surface area contributed by atoms with Gasteiger partial charge in [-0.15, -0.1) is 10.2 Å². The quantitative estimate of drug-likeness (QED) is 0.368. The molecule has 8 heteroatoms. The van der Waals surface area contributed by atoms with Crippen LogP contribution in [-0.4, -0.2) is 32.2 Å². The number of rotatable bonds is 8. The summed E-state index contributed by atoms with van der Waals surface area (Å²) in [6.45, 7) is 4.71. The number of halogens is 1. The summed E-state index contributed by atoms with van der Waals surface area (Å²) in [6, 6.07) is 17.7. The summed E-state index contributed by atoms with van der Waals surface area (Å²) < 4.78 is 16.5. The highest BCUT2D eigenvalue weighted by atomic mass is 32.2. The van der Waals surface area contributed by atoms with Gasteiger partial charge in [-0.05, 0) is 41.8 Å². The van der Waals surface area contributed by atoms with Crippen molar-refractivity contribution in [3.63, 3.8) is 0 Å². The van der Waals surface area contributed by atoms with Crippen molar-refractivity contribution >= 4 is 17.7 Å². The van der Waals surface area contributed by atoms with Crippen molar-refractivity contribution in [2.75, 3.05) is 6.54 Å². The molecule has 0 saturated heterocycles. The van der Waals surface area contributed by atoms with Gasteiger partial charge in [-0.25, -0.2) is 4.39 Å². The van der Waals surface area contributed by atoms with E-state index < -0.39 is 0 Å². The van der Waals surface area contributed by atoms with Crippen LogP contribution in [0.25, 0.3) is 17.1 Å². The summed E-state index contributed by atoms with van der Waals surface area (Å²) in [7, 11) is 0. The first kappa shape index (κ1) is 22.7. The number of hydrogen-bond acceptors (Lipinski definition) is 5. The van der Waals surface area contributed by atoms with Gasteiger partial charge in [0.15, 0.2) is 11.0 Å². The average Bonchev–Trinajstić information content (AvgIpc) is 3.26. The smallest absolute Gasteiger partial charge is 0.251 e. The van der Waals surface area contributed by atoms with E-state index in [1.807, 2.05) is 30.3 Å². The van der Waals surface area contributed by atoms with Crippen molar-refractivity contribution in [2.45, 2.75) is 24.8 Å². The zero-order valence-electron chi connectivity index (χ0n) is 18.4. The van der Waals surface area contributed by atoms with E-state index in [9.17, 15) is 9.18 Å². The molecule has 0 aliphatic carbocycles. The summed E-state index contributed by atoms with van der Waals surface area (Å²) in [5.41, 5.74) is 2.57. The Morgan fingerprint density at radius 3 is 2.61 bits per heavy atom. The highest BCUT2D eigenvalue weighted by Gasteiger charge is 2.20. The Morgan fingerprint density at radius 1 is 1.06 bits per heavy atom. The molecular weight excluding hydrogens is 437 g/mol. The monoisotopic (exact) mass is 461 g/mol. The maximum atomic E-state index is 14.8. The lowest BCUT2D eigenvalue weighted by Crippen LogP contribution is -2.28. The van der Waals surface area contributed by atoms with Crippen LogP contribution in [0.1, 0.15) is 29.8 Å². The molecule has 2 aromatic carbocycles. The zero-order chi connectivity index (χ0) is 23.2. The predicted octanol–water partition coefficient (Wildman–Crippen LogP) is 5.15. The molecule has 0 aliphatic rings. The third kappa shape index (κ3) is 5.28. The summed E-state index contributed by atoms with van der Waals surface area (Å²) in [4.78, 5) is 16.8. The molecule has 4 rings (SSSR count). The first-order valence-electron chi connectivity index (χ1n) is 10.6. The number of pyridine rings is 1. The summed E-state index contributed by atoms with van der Waals surface area (Å²) in [6.07, 6.45) is 3.34. The molecule has 2 heterocycles. The Labute approximate surface area is 196 Å². The third-order valence-corrected chi connectivity index (χ3v) is 5.91. The Hall–Kier alpha value is -3.52. The van der Waals surface area contributed by atoms with Crippen molar-refractivity contribution in [3.05, 3.63) is 90.0 Å². The topological polar surface area (TPSA) is 72.7 Å².